The highest BCUT2D eigenvalue weighted by atomic mass is 32.2. The monoisotopic (exact) mass is 446 g/mol. The average Bonchev–Trinajstić information content (AvgIpc) is 2.69. The van der Waals surface area contributed by atoms with Crippen molar-refractivity contribution in [3.63, 3.8) is 0 Å². The van der Waals surface area contributed by atoms with Crippen molar-refractivity contribution in [2.45, 2.75) is 31.7 Å². The van der Waals surface area contributed by atoms with Gasteiger partial charge in [-0.2, -0.15) is 0 Å². The summed E-state index contributed by atoms with van der Waals surface area (Å²) in [4.78, 5) is 25.1. The average molecular weight is 447 g/mol. The van der Waals surface area contributed by atoms with Crippen LogP contribution in [0.1, 0.15) is 29.7 Å². The highest BCUT2D eigenvalue weighted by molar-refractivity contribution is 7.91. The first kappa shape index (κ1) is 22.5. The second-order valence-electron chi connectivity index (χ2n) is 7.20. The van der Waals surface area contributed by atoms with Gasteiger partial charge in [-0.3, -0.25) is 0 Å². The number of sulfone groups is 1. The lowest BCUT2D eigenvalue weighted by atomic mass is 9.95. The molecule has 0 aromatic heterocycles. The van der Waals surface area contributed by atoms with E-state index in [4.69, 9.17) is 4.74 Å². The highest BCUT2D eigenvalue weighted by Crippen LogP contribution is 2.30. The van der Waals surface area contributed by atoms with Gasteiger partial charge in [0.25, 0.3) is 0 Å². The van der Waals surface area contributed by atoms with Gasteiger partial charge in [0, 0.05) is 5.70 Å². The van der Waals surface area contributed by atoms with Gasteiger partial charge < -0.3 is 15.4 Å². The molecular weight excluding hydrogens is 423 g/mol. The Bertz CT molecular complexity index is 1170. The van der Waals surface area contributed by atoms with E-state index >= 15 is 0 Å². The summed E-state index contributed by atoms with van der Waals surface area (Å²) >= 11 is 0. The predicted octanol–water partition coefficient (Wildman–Crippen LogP) is 3.09. The molecule has 9 heteroatoms. The molecule has 7 nitrogen and oxygen atoms in total. The number of rotatable bonds is 6. The Hall–Kier alpha value is -3.20. The maximum atomic E-state index is 13.8. The molecule has 31 heavy (non-hydrogen) atoms. The number of carbonyl (C=O) groups is 2. The number of amides is 2. The Morgan fingerprint density at radius 1 is 1.13 bits per heavy atom. The summed E-state index contributed by atoms with van der Waals surface area (Å²) in [7, 11) is -3.90. The van der Waals surface area contributed by atoms with Gasteiger partial charge in [-0.15, -0.1) is 0 Å². The first-order chi connectivity index (χ1) is 14.6. The smallest absolute Gasteiger partial charge is 0.338 e. The fourth-order valence-corrected chi connectivity index (χ4v) is 4.70. The van der Waals surface area contributed by atoms with E-state index in [9.17, 15) is 22.4 Å². The van der Waals surface area contributed by atoms with Crippen LogP contribution in [0.2, 0.25) is 0 Å². The van der Waals surface area contributed by atoms with Crippen molar-refractivity contribution < 1.29 is 27.1 Å². The zero-order valence-corrected chi connectivity index (χ0v) is 18.2. The second-order valence-corrected chi connectivity index (χ2v) is 9.19. The van der Waals surface area contributed by atoms with E-state index in [0.29, 0.717) is 5.56 Å². The lowest BCUT2D eigenvalue weighted by Gasteiger charge is -2.29. The van der Waals surface area contributed by atoms with Gasteiger partial charge in [0.15, 0.2) is 9.84 Å². The molecule has 1 aliphatic heterocycles. The molecule has 0 spiro atoms. The summed E-state index contributed by atoms with van der Waals surface area (Å²) in [5, 5.41) is 4.98. The summed E-state index contributed by atoms with van der Waals surface area (Å²) in [6.07, 6.45) is 0. The van der Waals surface area contributed by atoms with Crippen LogP contribution in [-0.2, 0) is 19.4 Å². The van der Waals surface area contributed by atoms with Crippen LogP contribution in [-0.4, -0.2) is 32.8 Å². The van der Waals surface area contributed by atoms with Crippen molar-refractivity contribution in [3.05, 3.63) is 76.2 Å². The zero-order chi connectivity index (χ0) is 22.8. The van der Waals surface area contributed by atoms with E-state index in [0.717, 1.165) is 11.1 Å². The molecule has 0 saturated heterocycles. The minimum absolute atomic E-state index is 0.0450. The standard InChI is InChI=1S/C22H23FN2O5S/c1-4-30-21(26)19-18(12-31(28,29)17-9-8-13(2)14(3)10-17)24-22(27)25-20(19)15-6-5-7-16(23)11-15/h5-11,20H,4,12H2,1-3H3,(H2,24,25,27). The summed E-state index contributed by atoms with van der Waals surface area (Å²) in [5.74, 6) is -1.98. The molecule has 2 aromatic carbocycles. The molecule has 0 radical (unpaired) electrons. The van der Waals surface area contributed by atoms with Gasteiger partial charge in [-0.05, 0) is 61.7 Å². The maximum absolute atomic E-state index is 13.8. The van der Waals surface area contributed by atoms with Crippen LogP contribution in [0.5, 0.6) is 0 Å². The number of carbonyl (C=O) groups excluding carboxylic acids is 2. The molecular formula is C22H23FN2O5S. The first-order valence-corrected chi connectivity index (χ1v) is 11.3. The summed E-state index contributed by atoms with van der Waals surface area (Å²) < 4.78 is 45.1. The third kappa shape index (κ3) is 4.93. The number of benzene rings is 2. The van der Waals surface area contributed by atoms with E-state index in [1.807, 2.05) is 6.92 Å². The van der Waals surface area contributed by atoms with E-state index < -0.39 is 39.4 Å². The lowest BCUT2D eigenvalue weighted by Crippen LogP contribution is -2.47. The molecule has 3 rings (SSSR count). The molecule has 1 aliphatic rings. The van der Waals surface area contributed by atoms with Crippen LogP contribution in [0.4, 0.5) is 9.18 Å². The second kappa shape index (κ2) is 8.89. The first-order valence-electron chi connectivity index (χ1n) is 9.65. The molecule has 0 fully saturated rings. The van der Waals surface area contributed by atoms with Crippen molar-refractivity contribution in [3.8, 4) is 0 Å². The van der Waals surface area contributed by atoms with Crippen molar-refractivity contribution in [2.24, 2.45) is 0 Å². The highest BCUT2D eigenvalue weighted by Gasteiger charge is 2.36. The number of hydrogen-bond acceptors (Lipinski definition) is 5. The molecule has 164 valence electrons. The number of aryl methyl sites for hydroxylation is 2. The summed E-state index contributed by atoms with van der Waals surface area (Å²) in [6.45, 7) is 5.31. The minimum atomic E-state index is -3.90. The van der Waals surface area contributed by atoms with Gasteiger partial charge in [0.2, 0.25) is 0 Å². The van der Waals surface area contributed by atoms with Crippen LogP contribution in [0.3, 0.4) is 0 Å². The topological polar surface area (TPSA) is 102 Å². The molecule has 0 bridgehead atoms. The SMILES string of the molecule is CCOC(=O)C1=C(CS(=O)(=O)c2ccc(C)c(C)c2)NC(=O)NC1c1cccc(F)c1. The number of hydrogen-bond donors (Lipinski definition) is 2. The molecule has 0 aliphatic carbocycles. The van der Waals surface area contributed by atoms with Gasteiger partial charge in [0.05, 0.1) is 28.9 Å². The van der Waals surface area contributed by atoms with Gasteiger partial charge in [-0.1, -0.05) is 18.2 Å². The van der Waals surface area contributed by atoms with Crippen molar-refractivity contribution >= 4 is 21.8 Å². The molecule has 1 unspecified atom stereocenters. The Labute approximate surface area is 180 Å². The number of nitrogens with one attached hydrogen (secondary N) is 2. The van der Waals surface area contributed by atoms with E-state index in [2.05, 4.69) is 10.6 Å². The number of esters is 1. The quantitative estimate of drug-likeness (QED) is 0.664. The summed E-state index contributed by atoms with van der Waals surface area (Å²) in [6, 6.07) is 8.33. The summed E-state index contributed by atoms with van der Waals surface area (Å²) in [5.41, 5.74) is 1.84. The number of urea groups is 1. The Balaban J connectivity index is 2.11. The van der Waals surface area contributed by atoms with Crippen LogP contribution in [0, 0.1) is 19.7 Å². The molecule has 1 heterocycles. The molecule has 1 atom stereocenters. The third-order valence-electron chi connectivity index (χ3n) is 5.00. The van der Waals surface area contributed by atoms with E-state index in [1.165, 1.54) is 30.3 Å². The fraction of sp³-hybridized carbons (Fsp3) is 0.273. The number of halogens is 1. The van der Waals surface area contributed by atoms with E-state index in [1.54, 1.807) is 26.0 Å². The number of ether oxygens (including phenoxy) is 1. The predicted molar refractivity (Wildman–Crippen MR) is 112 cm³/mol. The normalized spacial score (nSPS) is 16.5. The van der Waals surface area contributed by atoms with Crippen LogP contribution in [0.15, 0.2) is 58.6 Å². The maximum Gasteiger partial charge on any atom is 0.338 e. The largest absolute Gasteiger partial charge is 0.463 e. The van der Waals surface area contributed by atoms with Gasteiger partial charge in [-0.25, -0.2) is 22.4 Å². The van der Waals surface area contributed by atoms with Crippen molar-refractivity contribution in [2.75, 3.05) is 12.4 Å². The van der Waals surface area contributed by atoms with Gasteiger partial charge >= 0.3 is 12.0 Å². The van der Waals surface area contributed by atoms with E-state index in [-0.39, 0.29) is 22.8 Å². The van der Waals surface area contributed by atoms with Crippen molar-refractivity contribution in [1.29, 1.82) is 0 Å². The van der Waals surface area contributed by atoms with Crippen LogP contribution >= 0.6 is 0 Å². The molecule has 2 amide bonds. The lowest BCUT2D eigenvalue weighted by molar-refractivity contribution is -0.139. The minimum Gasteiger partial charge on any atom is -0.463 e. The van der Waals surface area contributed by atoms with Crippen molar-refractivity contribution in [1.82, 2.24) is 10.6 Å². The fourth-order valence-electron chi connectivity index (χ4n) is 3.30. The molecule has 0 saturated carbocycles. The molecule has 2 aromatic rings. The van der Waals surface area contributed by atoms with Gasteiger partial charge in [0.1, 0.15) is 5.82 Å². The van der Waals surface area contributed by atoms with Crippen LogP contribution in [0.25, 0.3) is 0 Å². The third-order valence-corrected chi connectivity index (χ3v) is 6.64. The zero-order valence-electron chi connectivity index (χ0n) is 17.4. The molecule has 2 N–H and O–H groups in total. The van der Waals surface area contributed by atoms with Crippen LogP contribution < -0.4 is 10.6 Å². The Morgan fingerprint density at radius 3 is 2.52 bits per heavy atom. The Morgan fingerprint density at radius 2 is 1.87 bits per heavy atom. The Kier molecular flexibility index (Phi) is 6.45.